The zero-order valence-corrected chi connectivity index (χ0v) is 25.8. The number of hydrogen-bond acceptors (Lipinski definition) is 7. The predicted molar refractivity (Wildman–Crippen MR) is 162 cm³/mol. The Hall–Kier alpha value is -3.09. The summed E-state index contributed by atoms with van der Waals surface area (Å²) in [5, 5.41) is 0. The van der Waals surface area contributed by atoms with Gasteiger partial charge >= 0.3 is 5.97 Å². The second-order valence-electron chi connectivity index (χ2n) is 10.5. The number of rotatable bonds is 19. The van der Waals surface area contributed by atoms with Crippen molar-refractivity contribution in [1.29, 1.82) is 0 Å². The summed E-state index contributed by atoms with van der Waals surface area (Å²) in [4.78, 5) is 12.5. The first kappa shape index (κ1) is 32.4. The zero-order chi connectivity index (χ0) is 29.5. The Bertz CT molecular complexity index is 1070. The second-order valence-corrected chi connectivity index (χ2v) is 10.5. The van der Waals surface area contributed by atoms with Gasteiger partial charge in [-0.2, -0.15) is 0 Å². The number of unbranched alkanes of at least 4 members (excludes halogenated alkanes) is 4. The Kier molecular flexibility index (Phi) is 14.0. The van der Waals surface area contributed by atoms with E-state index in [1.54, 1.807) is 6.92 Å². The van der Waals surface area contributed by atoms with Crippen molar-refractivity contribution in [3.05, 3.63) is 41.5 Å². The highest BCUT2D eigenvalue weighted by atomic mass is 16.6. The molecule has 3 rings (SSSR count). The summed E-state index contributed by atoms with van der Waals surface area (Å²) in [5.74, 6) is 3.27. The Morgan fingerprint density at radius 1 is 0.732 bits per heavy atom. The molecule has 0 saturated heterocycles. The lowest BCUT2D eigenvalue weighted by Crippen LogP contribution is -2.35. The van der Waals surface area contributed by atoms with E-state index in [1.165, 1.54) is 0 Å². The van der Waals surface area contributed by atoms with E-state index >= 15 is 0 Å². The molecular weight excluding hydrogens is 520 g/mol. The predicted octanol–water partition coefficient (Wildman–Crippen LogP) is 8.40. The molecule has 0 N–H and O–H groups in total. The standard InChI is InChI=1S/C34H50O7/c1-6-11-17-36-26-22-29(38-19-13-8-3)27-24-32(40-33(35)10-5)34(41-30(27)23-26)25-15-16-28(37-18-12-7-2)31(21-25)39-20-14-9-4/h15-16,21-23,32,34H,6-14,17-20,24H2,1-5H3/t32-,34+/m1/s1. The summed E-state index contributed by atoms with van der Waals surface area (Å²) in [6, 6.07) is 9.77. The molecule has 0 radical (unpaired) electrons. The van der Waals surface area contributed by atoms with Crippen molar-refractivity contribution in [2.45, 2.75) is 111 Å². The molecule has 0 spiro atoms. The van der Waals surface area contributed by atoms with Crippen molar-refractivity contribution >= 4 is 5.97 Å². The summed E-state index contributed by atoms with van der Waals surface area (Å²) in [7, 11) is 0. The van der Waals surface area contributed by atoms with Gasteiger partial charge in [0.15, 0.2) is 17.6 Å². The largest absolute Gasteiger partial charge is 0.493 e. The van der Waals surface area contributed by atoms with Crippen LogP contribution in [0.2, 0.25) is 0 Å². The maximum Gasteiger partial charge on any atom is 0.305 e. The average molecular weight is 571 g/mol. The average Bonchev–Trinajstić information content (AvgIpc) is 2.98. The van der Waals surface area contributed by atoms with Crippen LogP contribution in [0, 0.1) is 0 Å². The highest BCUT2D eigenvalue weighted by molar-refractivity contribution is 5.69. The molecular formula is C34H50O7. The molecule has 0 aromatic heterocycles. The molecule has 7 heteroatoms. The Morgan fingerprint density at radius 2 is 1.32 bits per heavy atom. The monoisotopic (exact) mass is 570 g/mol. The van der Waals surface area contributed by atoms with Crippen molar-refractivity contribution in [2.24, 2.45) is 0 Å². The van der Waals surface area contributed by atoms with Crippen molar-refractivity contribution in [3.63, 3.8) is 0 Å². The summed E-state index contributed by atoms with van der Waals surface area (Å²) in [5.41, 5.74) is 1.76. The first-order chi connectivity index (χ1) is 20.0. The SMILES string of the molecule is CCCCOc1cc(OCCCC)c2c(c1)O[C@@H](c1ccc(OCCCC)c(OCCCC)c1)[C@H](OC(=O)CC)C2. The molecule has 0 fully saturated rings. The minimum atomic E-state index is -0.523. The van der Waals surface area contributed by atoms with Crippen LogP contribution in [0.4, 0.5) is 0 Å². The Balaban J connectivity index is 1.99. The molecule has 228 valence electrons. The molecule has 1 heterocycles. The lowest BCUT2D eigenvalue weighted by atomic mass is 9.93. The highest BCUT2D eigenvalue weighted by Crippen LogP contribution is 2.45. The summed E-state index contributed by atoms with van der Waals surface area (Å²) < 4.78 is 37.1. The van der Waals surface area contributed by atoms with E-state index in [-0.39, 0.29) is 12.4 Å². The molecule has 0 bridgehead atoms. The number of ether oxygens (including phenoxy) is 6. The molecule has 0 unspecified atom stereocenters. The van der Waals surface area contributed by atoms with Gasteiger partial charge in [-0.15, -0.1) is 0 Å². The number of carbonyl (C=O) groups excluding carboxylic acids is 1. The number of hydrogen-bond donors (Lipinski definition) is 0. The second kappa shape index (κ2) is 17.7. The van der Waals surface area contributed by atoms with E-state index in [0.717, 1.165) is 79.7 Å². The third-order valence-electron chi connectivity index (χ3n) is 7.04. The van der Waals surface area contributed by atoms with Crippen molar-refractivity contribution in [1.82, 2.24) is 0 Å². The third-order valence-corrected chi connectivity index (χ3v) is 7.04. The smallest absolute Gasteiger partial charge is 0.305 e. The van der Waals surface area contributed by atoms with Crippen molar-refractivity contribution < 1.29 is 33.2 Å². The van der Waals surface area contributed by atoms with Crippen molar-refractivity contribution in [2.75, 3.05) is 26.4 Å². The molecule has 1 aliphatic heterocycles. The Morgan fingerprint density at radius 3 is 1.93 bits per heavy atom. The molecule has 7 nitrogen and oxygen atoms in total. The number of esters is 1. The van der Waals surface area contributed by atoms with Gasteiger partial charge in [-0.25, -0.2) is 0 Å². The van der Waals surface area contributed by atoms with Gasteiger partial charge in [-0.3, -0.25) is 4.79 Å². The molecule has 2 atom stereocenters. The lowest BCUT2D eigenvalue weighted by molar-refractivity contribution is -0.154. The fourth-order valence-electron chi connectivity index (χ4n) is 4.52. The maximum atomic E-state index is 12.5. The van der Waals surface area contributed by atoms with Crippen molar-refractivity contribution in [3.8, 4) is 28.7 Å². The van der Waals surface area contributed by atoms with E-state index < -0.39 is 12.2 Å². The van der Waals surface area contributed by atoms with Gasteiger partial charge in [0.2, 0.25) is 0 Å². The lowest BCUT2D eigenvalue weighted by Gasteiger charge is -2.35. The van der Waals surface area contributed by atoms with Crippen LogP contribution in [-0.2, 0) is 16.0 Å². The Labute approximate surface area is 246 Å². The minimum Gasteiger partial charge on any atom is -0.493 e. The molecule has 2 aromatic rings. The van der Waals surface area contributed by atoms with Gasteiger partial charge in [0, 0.05) is 36.1 Å². The molecule has 0 amide bonds. The third kappa shape index (κ3) is 9.75. The number of carbonyl (C=O) groups is 1. The fraction of sp³-hybridized carbons (Fsp3) is 0.618. The van der Waals surface area contributed by atoms with Gasteiger partial charge < -0.3 is 28.4 Å². The molecule has 41 heavy (non-hydrogen) atoms. The van der Waals surface area contributed by atoms with Gasteiger partial charge in [0.1, 0.15) is 23.4 Å². The van der Waals surface area contributed by atoms with Crippen LogP contribution in [-0.4, -0.2) is 38.5 Å². The van der Waals surface area contributed by atoms with Crippen LogP contribution in [0.15, 0.2) is 30.3 Å². The molecule has 0 aliphatic carbocycles. The first-order valence-corrected chi connectivity index (χ1v) is 15.7. The van der Waals surface area contributed by atoms with Gasteiger partial charge in [-0.1, -0.05) is 66.4 Å². The van der Waals surface area contributed by atoms with Gasteiger partial charge in [0.05, 0.1) is 26.4 Å². The van der Waals surface area contributed by atoms with Crippen LogP contribution in [0.3, 0.4) is 0 Å². The zero-order valence-electron chi connectivity index (χ0n) is 25.8. The molecule has 1 aliphatic rings. The minimum absolute atomic E-state index is 0.265. The van der Waals surface area contributed by atoms with Crippen LogP contribution in [0.5, 0.6) is 28.7 Å². The summed E-state index contributed by atoms with van der Waals surface area (Å²) in [6.07, 6.45) is 7.72. The van der Waals surface area contributed by atoms with Crippen LogP contribution < -0.4 is 23.7 Å². The summed E-state index contributed by atoms with van der Waals surface area (Å²) in [6.45, 7) is 12.8. The highest BCUT2D eigenvalue weighted by Gasteiger charge is 2.37. The molecule has 2 aromatic carbocycles. The van der Waals surface area contributed by atoms with Gasteiger partial charge in [-0.05, 0) is 37.8 Å². The topological polar surface area (TPSA) is 72.5 Å². The van der Waals surface area contributed by atoms with E-state index in [4.69, 9.17) is 28.4 Å². The van der Waals surface area contributed by atoms with E-state index in [0.29, 0.717) is 44.3 Å². The van der Waals surface area contributed by atoms with E-state index in [1.807, 2.05) is 30.3 Å². The van der Waals surface area contributed by atoms with Crippen LogP contribution in [0.1, 0.15) is 110 Å². The number of benzene rings is 2. The van der Waals surface area contributed by atoms with E-state index in [2.05, 4.69) is 27.7 Å². The number of fused-ring (bicyclic) bond motifs is 1. The first-order valence-electron chi connectivity index (χ1n) is 15.7. The summed E-state index contributed by atoms with van der Waals surface area (Å²) >= 11 is 0. The maximum absolute atomic E-state index is 12.5. The van der Waals surface area contributed by atoms with Gasteiger partial charge in [0.25, 0.3) is 0 Å². The fourth-order valence-corrected chi connectivity index (χ4v) is 4.52. The molecule has 0 saturated carbocycles. The van der Waals surface area contributed by atoms with Crippen LogP contribution >= 0.6 is 0 Å². The quantitative estimate of drug-likeness (QED) is 0.124. The van der Waals surface area contributed by atoms with E-state index in [9.17, 15) is 4.79 Å². The normalized spacial score (nSPS) is 15.9. The van der Waals surface area contributed by atoms with Crippen LogP contribution in [0.25, 0.3) is 0 Å².